The van der Waals surface area contributed by atoms with Crippen molar-refractivity contribution in [3.8, 4) is 0 Å². The van der Waals surface area contributed by atoms with E-state index >= 15 is 0 Å². The van der Waals surface area contributed by atoms with E-state index in [1.54, 1.807) is 0 Å². The fourth-order valence-electron chi connectivity index (χ4n) is 0.660. The molecule has 0 aliphatic heterocycles. The lowest BCUT2D eigenvalue weighted by molar-refractivity contribution is -0.158. The minimum Gasteiger partial charge on any atom is -0.479 e. The van der Waals surface area contributed by atoms with Crippen molar-refractivity contribution in [1.82, 2.24) is 0 Å². The number of carboxylic acid groups (broad SMARTS) is 1. The Morgan fingerprint density at radius 1 is 1.25 bits per heavy atom. The van der Waals surface area contributed by atoms with Crippen LogP contribution in [0, 0.1) is 0 Å². The van der Waals surface area contributed by atoms with E-state index in [1.807, 2.05) is 0 Å². The first-order valence-electron chi connectivity index (χ1n) is 3.38. The maximum atomic E-state index is 10.1. The van der Waals surface area contributed by atoms with Gasteiger partial charge in [0, 0.05) is 6.61 Å². The monoisotopic (exact) mass is 180 g/mol. The smallest absolute Gasteiger partial charge is 0.335 e. The Bertz CT molecular complexity index is 147. The van der Waals surface area contributed by atoms with Gasteiger partial charge in [0.15, 0.2) is 6.10 Å². The average Bonchev–Trinajstić information content (AvgIpc) is 2.02. The first-order chi connectivity index (χ1) is 5.50. The summed E-state index contributed by atoms with van der Waals surface area (Å²) in [6.45, 7) is -0.384. The molecule has 0 aliphatic carbocycles. The molecule has 6 nitrogen and oxygen atoms in total. The van der Waals surface area contributed by atoms with E-state index in [-0.39, 0.29) is 13.0 Å². The number of aliphatic carboxylic acids is 1. The second kappa shape index (κ2) is 5.04. The Morgan fingerprint density at radius 2 is 1.75 bits per heavy atom. The molecule has 0 aromatic heterocycles. The molecule has 6 heteroatoms. The highest BCUT2D eigenvalue weighted by atomic mass is 16.4. The van der Waals surface area contributed by atoms with Gasteiger partial charge in [-0.25, -0.2) is 4.79 Å². The van der Waals surface area contributed by atoms with E-state index in [2.05, 4.69) is 0 Å². The molecule has 0 heterocycles. The number of carbonyl (C=O) groups is 1. The van der Waals surface area contributed by atoms with E-state index < -0.39 is 24.3 Å². The summed E-state index contributed by atoms with van der Waals surface area (Å²) in [5.41, 5.74) is 0. The number of aliphatic hydroxyl groups excluding tert-OH is 4. The van der Waals surface area contributed by atoms with Gasteiger partial charge in [0.1, 0.15) is 6.10 Å². The lowest BCUT2D eigenvalue weighted by Crippen LogP contribution is -2.42. The normalized spacial score (nSPS) is 18.3. The van der Waals surface area contributed by atoms with E-state index in [1.165, 1.54) is 0 Å². The lowest BCUT2D eigenvalue weighted by Gasteiger charge is -2.18. The maximum absolute atomic E-state index is 10.1. The van der Waals surface area contributed by atoms with Crippen LogP contribution < -0.4 is 0 Å². The molecule has 0 aliphatic rings. The van der Waals surface area contributed by atoms with Gasteiger partial charge in [0.05, 0.1) is 6.10 Å². The van der Waals surface area contributed by atoms with Gasteiger partial charge in [0.2, 0.25) is 0 Å². The highest BCUT2D eigenvalue weighted by Gasteiger charge is 2.29. The largest absolute Gasteiger partial charge is 0.479 e. The molecule has 0 amide bonds. The van der Waals surface area contributed by atoms with Gasteiger partial charge in [-0.15, -0.1) is 0 Å². The van der Waals surface area contributed by atoms with Crippen LogP contribution in [0.4, 0.5) is 0 Å². The fourth-order valence-corrected chi connectivity index (χ4v) is 0.660. The van der Waals surface area contributed by atoms with Crippen molar-refractivity contribution in [2.75, 3.05) is 6.61 Å². The minimum atomic E-state index is -2.02. The molecule has 0 saturated carbocycles. The number of hydrogen-bond donors (Lipinski definition) is 5. The quantitative estimate of drug-likeness (QED) is 0.320. The topological polar surface area (TPSA) is 118 Å². The van der Waals surface area contributed by atoms with E-state index in [4.69, 9.17) is 25.5 Å². The molecular formula is C6H12O6. The van der Waals surface area contributed by atoms with Gasteiger partial charge in [-0.3, -0.25) is 0 Å². The van der Waals surface area contributed by atoms with Gasteiger partial charge in [-0.05, 0) is 6.42 Å². The molecule has 0 aromatic rings. The molecule has 0 saturated heterocycles. The van der Waals surface area contributed by atoms with Crippen molar-refractivity contribution in [2.24, 2.45) is 0 Å². The molecule has 1 unspecified atom stereocenters. The molecule has 72 valence electrons. The third-order valence-corrected chi connectivity index (χ3v) is 1.40. The van der Waals surface area contributed by atoms with Crippen LogP contribution in [-0.4, -0.2) is 56.4 Å². The Labute approximate surface area is 68.7 Å². The molecule has 0 aromatic carbocycles. The molecule has 0 rings (SSSR count). The highest BCUT2D eigenvalue weighted by Crippen LogP contribution is 2.03. The summed E-state index contributed by atoms with van der Waals surface area (Å²) in [4.78, 5) is 10.1. The van der Waals surface area contributed by atoms with Gasteiger partial charge < -0.3 is 25.5 Å². The molecule has 3 atom stereocenters. The summed E-state index contributed by atoms with van der Waals surface area (Å²) in [7, 11) is 0. The number of carboxylic acids is 1. The number of rotatable bonds is 5. The minimum absolute atomic E-state index is 0.175. The lowest BCUT2D eigenvalue weighted by atomic mass is 10.1. The summed E-state index contributed by atoms with van der Waals surface area (Å²) in [5, 5.41) is 43.0. The van der Waals surface area contributed by atoms with Gasteiger partial charge >= 0.3 is 5.97 Å². The van der Waals surface area contributed by atoms with Crippen molar-refractivity contribution in [3.05, 3.63) is 0 Å². The van der Waals surface area contributed by atoms with Crippen molar-refractivity contribution < 1.29 is 30.3 Å². The van der Waals surface area contributed by atoms with Crippen LogP contribution in [0.1, 0.15) is 6.42 Å². The Balaban J connectivity index is 3.99. The third-order valence-electron chi connectivity index (χ3n) is 1.40. The predicted molar refractivity (Wildman–Crippen MR) is 37.4 cm³/mol. The second-order valence-electron chi connectivity index (χ2n) is 2.35. The zero-order valence-corrected chi connectivity index (χ0v) is 6.29. The molecule has 5 N–H and O–H groups in total. The van der Waals surface area contributed by atoms with Crippen molar-refractivity contribution in [2.45, 2.75) is 24.7 Å². The standard InChI is InChI=1S/C6H12O6/c7-2-1-3(8)4(9)5(10)6(11)12/h3-5,7-10H,1-2H2,(H,11,12)/t3-,4?,5+/m1/s1. The van der Waals surface area contributed by atoms with Crippen LogP contribution in [0.15, 0.2) is 0 Å². The SMILES string of the molecule is O=C(O)[C@@H](O)C(O)[C@H](O)CCO. The van der Waals surface area contributed by atoms with Crippen molar-refractivity contribution >= 4 is 5.97 Å². The molecular weight excluding hydrogens is 168 g/mol. The van der Waals surface area contributed by atoms with Crippen LogP contribution in [0.2, 0.25) is 0 Å². The van der Waals surface area contributed by atoms with Crippen LogP contribution in [-0.2, 0) is 4.79 Å². The fraction of sp³-hybridized carbons (Fsp3) is 0.833. The van der Waals surface area contributed by atoms with Crippen LogP contribution in [0.5, 0.6) is 0 Å². The zero-order chi connectivity index (χ0) is 9.72. The molecule has 0 bridgehead atoms. The summed E-state index contributed by atoms with van der Waals surface area (Å²) < 4.78 is 0. The molecule has 0 radical (unpaired) electrons. The number of hydrogen-bond acceptors (Lipinski definition) is 5. The van der Waals surface area contributed by atoms with Crippen molar-refractivity contribution in [1.29, 1.82) is 0 Å². The zero-order valence-electron chi connectivity index (χ0n) is 6.29. The summed E-state index contributed by atoms with van der Waals surface area (Å²) in [6, 6.07) is 0. The second-order valence-corrected chi connectivity index (χ2v) is 2.35. The first kappa shape index (κ1) is 11.3. The average molecular weight is 180 g/mol. The molecule has 12 heavy (non-hydrogen) atoms. The Kier molecular flexibility index (Phi) is 4.75. The van der Waals surface area contributed by atoms with Crippen LogP contribution >= 0.6 is 0 Å². The van der Waals surface area contributed by atoms with Crippen molar-refractivity contribution in [3.63, 3.8) is 0 Å². The molecule has 0 spiro atoms. The highest BCUT2D eigenvalue weighted by molar-refractivity contribution is 5.72. The Morgan fingerprint density at radius 3 is 2.08 bits per heavy atom. The summed E-state index contributed by atoms with van der Waals surface area (Å²) >= 11 is 0. The first-order valence-corrected chi connectivity index (χ1v) is 3.38. The van der Waals surface area contributed by atoms with Gasteiger partial charge in [-0.1, -0.05) is 0 Å². The predicted octanol–water partition coefficient (Wildman–Crippen LogP) is -2.46. The summed E-state index contributed by atoms with van der Waals surface area (Å²) in [6.07, 6.45) is -5.40. The number of aliphatic hydroxyl groups is 4. The Hall–Kier alpha value is -0.690. The van der Waals surface area contributed by atoms with E-state index in [0.29, 0.717) is 0 Å². The van der Waals surface area contributed by atoms with Crippen LogP contribution in [0.25, 0.3) is 0 Å². The van der Waals surface area contributed by atoms with Gasteiger partial charge in [-0.2, -0.15) is 0 Å². The van der Waals surface area contributed by atoms with E-state index in [9.17, 15) is 4.79 Å². The summed E-state index contributed by atoms with van der Waals surface area (Å²) in [5.74, 6) is -1.61. The molecule has 0 fully saturated rings. The maximum Gasteiger partial charge on any atom is 0.335 e. The third kappa shape index (κ3) is 3.14. The van der Waals surface area contributed by atoms with Crippen LogP contribution in [0.3, 0.4) is 0 Å². The van der Waals surface area contributed by atoms with E-state index in [0.717, 1.165) is 0 Å². The van der Waals surface area contributed by atoms with Gasteiger partial charge in [0.25, 0.3) is 0 Å².